The highest BCUT2D eigenvalue weighted by Gasteiger charge is 2.20. The van der Waals surface area contributed by atoms with Crippen LogP contribution in [0.3, 0.4) is 0 Å². The Hall–Kier alpha value is -1.87. The lowest BCUT2D eigenvalue weighted by molar-refractivity contribution is 0.407. The van der Waals surface area contributed by atoms with E-state index < -0.39 is 0 Å². The van der Waals surface area contributed by atoms with Crippen LogP contribution in [0, 0.1) is 12.7 Å². The van der Waals surface area contributed by atoms with E-state index in [1.165, 1.54) is 18.9 Å². The first-order valence-corrected chi connectivity index (χ1v) is 7.34. The van der Waals surface area contributed by atoms with Gasteiger partial charge in [0.1, 0.15) is 11.6 Å². The Labute approximate surface area is 125 Å². The highest BCUT2D eigenvalue weighted by Crippen LogP contribution is 2.30. The number of rotatable bonds is 5. The van der Waals surface area contributed by atoms with Crippen molar-refractivity contribution in [3.63, 3.8) is 0 Å². The number of nitrogens with one attached hydrogen (secondary N) is 1. The molecule has 0 spiro atoms. The highest BCUT2D eigenvalue weighted by molar-refractivity contribution is 5.67. The van der Waals surface area contributed by atoms with E-state index in [2.05, 4.69) is 5.32 Å². The molecular formula is C18H20FNO. The van der Waals surface area contributed by atoms with Crippen LogP contribution in [0.5, 0.6) is 5.75 Å². The molecule has 2 aromatic carbocycles. The minimum atomic E-state index is -0.188. The Bertz CT molecular complexity index is 650. The van der Waals surface area contributed by atoms with Gasteiger partial charge < -0.3 is 10.1 Å². The monoisotopic (exact) mass is 285 g/mol. The second kappa shape index (κ2) is 5.86. The van der Waals surface area contributed by atoms with Gasteiger partial charge in [-0.25, -0.2) is 4.39 Å². The van der Waals surface area contributed by atoms with Gasteiger partial charge in [-0.05, 0) is 49.6 Å². The van der Waals surface area contributed by atoms with Crippen LogP contribution in [0.2, 0.25) is 0 Å². The number of hydrogen-bond donors (Lipinski definition) is 1. The topological polar surface area (TPSA) is 21.3 Å². The Morgan fingerprint density at radius 2 is 2.00 bits per heavy atom. The molecule has 1 N–H and O–H groups in total. The molecule has 2 nitrogen and oxygen atoms in total. The predicted octanol–water partition coefficient (Wildman–Crippen LogP) is 4.06. The maximum absolute atomic E-state index is 14.0. The lowest BCUT2D eigenvalue weighted by Crippen LogP contribution is -2.15. The Morgan fingerprint density at radius 1 is 1.19 bits per heavy atom. The van der Waals surface area contributed by atoms with Crippen molar-refractivity contribution in [3.8, 4) is 16.9 Å². The van der Waals surface area contributed by atoms with E-state index in [0.29, 0.717) is 11.6 Å². The van der Waals surface area contributed by atoms with Crippen LogP contribution in [0.15, 0.2) is 36.4 Å². The molecule has 0 aliphatic heterocycles. The van der Waals surface area contributed by atoms with Gasteiger partial charge in [0.05, 0.1) is 7.11 Å². The summed E-state index contributed by atoms with van der Waals surface area (Å²) in [4.78, 5) is 0. The molecular weight excluding hydrogens is 265 g/mol. The summed E-state index contributed by atoms with van der Waals surface area (Å²) >= 11 is 0. The van der Waals surface area contributed by atoms with Crippen LogP contribution >= 0.6 is 0 Å². The molecule has 0 heterocycles. The lowest BCUT2D eigenvalue weighted by Gasteiger charge is -2.12. The molecule has 0 unspecified atom stereocenters. The molecule has 2 aromatic rings. The molecule has 0 radical (unpaired) electrons. The van der Waals surface area contributed by atoms with E-state index in [4.69, 9.17) is 4.74 Å². The van der Waals surface area contributed by atoms with Crippen molar-refractivity contribution in [2.45, 2.75) is 32.4 Å². The minimum Gasteiger partial charge on any atom is -0.496 e. The maximum atomic E-state index is 14.0. The third-order valence-corrected chi connectivity index (χ3v) is 3.87. The van der Waals surface area contributed by atoms with Crippen molar-refractivity contribution in [1.82, 2.24) is 5.32 Å². The van der Waals surface area contributed by atoms with E-state index in [1.54, 1.807) is 13.2 Å². The van der Waals surface area contributed by atoms with Crippen LogP contribution in [-0.2, 0) is 6.54 Å². The first-order valence-electron chi connectivity index (χ1n) is 7.34. The van der Waals surface area contributed by atoms with Crippen LogP contribution in [0.4, 0.5) is 4.39 Å². The summed E-state index contributed by atoms with van der Waals surface area (Å²) in [6.45, 7) is 2.73. The summed E-state index contributed by atoms with van der Waals surface area (Å²) in [6, 6.07) is 11.7. The first-order chi connectivity index (χ1) is 10.2. The van der Waals surface area contributed by atoms with Crippen LogP contribution in [-0.4, -0.2) is 13.2 Å². The number of benzene rings is 2. The second-order valence-corrected chi connectivity index (χ2v) is 5.67. The molecule has 0 saturated heterocycles. The first kappa shape index (κ1) is 14.1. The van der Waals surface area contributed by atoms with Gasteiger partial charge in [-0.3, -0.25) is 0 Å². The van der Waals surface area contributed by atoms with E-state index >= 15 is 0 Å². The fourth-order valence-electron chi connectivity index (χ4n) is 2.49. The fourth-order valence-corrected chi connectivity index (χ4v) is 2.49. The summed E-state index contributed by atoms with van der Waals surface area (Å²) in [7, 11) is 1.67. The van der Waals surface area contributed by atoms with E-state index in [-0.39, 0.29) is 5.82 Å². The Balaban J connectivity index is 1.94. The smallest absolute Gasteiger partial charge is 0.131 e. The molecule has 1 aliphatic rings. The zero-order chi connectivity index (χ0) is 14.8. The number of ether oxygens (including phenoxy) is 1. The van der Waals surface area contributed by atoms with E-state index in [9.17, 15) is 4.39 Å². The average molecular weight is 285 g/mol. The van der Waals surface area contributed by atoms with E-state index in [1.807, 2.05) is 31.2 Å². The molecule has 1 saturated carbocycles. The quantitative estimate of drug-likeness (QED) is 0.894. The molecule has 0 bridgehead atoms. The number of aryl methyl sites for hydroxylation is 1. The number of methoxy groups -OCH3 is 1. The van der Waals surface area contributed by atoms with Crippen molar-refractivity contribution >= 4 is 0 Å². The number of halogens is 1. The normalized spacial score (nSPS) is 14.2. The molecule has 3 heteroatoms. The summed E-state index contributed by atoms with van der Waals surface area (Å²) < 4.78 is 19.5. The van der Waals surface area contributed by atoms with Crippen molar-refractivity contribution in [2.24, 2.45) is 0 Å². The van der Waals surface area contributed by atoms with Crippen LogP contribution in [0.25, 0.3) is 11.1 Å². The molecule has 0 amide bonds. The highest BCUT2D eigenvalue weighted by atomic mass is 19.1. The molecule has 110 valence electrons. The summed E-state index contributed by atoms with van der Waals surface area (Å²) in [5.41, 5.74) is 3.66. The van der Waals surface area contributed by atoms with Gasteiger partial charge in [0.25, 0.3) is 0 Å². The summed E-state index contributed by atoms with van der Waals surface area (Å²) in [6.07, 6.45) is 2.49. The van der Waals surface area contributed by atoms with Gasteiger partial charge >= 0.3 is 0 Å². The number of hydrogen-bond acceptors (Lipinski definition) is 2. The largest absolute Gasteiger partial charge is 0.496 e. The van der Waals surface area contributed by atoms with Crippen molar-refractivity contribution in [1.29, 1.82) is 0 Å². The van der Waals surface area contributed by atoms with Gasteiger partial charge in [0.15, 0.2) is 0 Å². The zero-order valence-corrected chi connectivity index (χ0v) is 12.4. The average Bonchev–Trinajstić information content (AvgIpc) is 3.31. The SMILES string of the molecule is COc1ccc(-c2cc(C)ccc2F)cc1CNC1CC1. The Morgan fingerprint density at radius 3 is 2.71 bits per heavy atom. The third kappa shape index (κ3) is 3.24. The van der Waals surface area contributed by atoms with Crippen molar-refractivity contribution in [3.05, 3.63) is 53.3 Å². The van der Waals surface area contributed by atoms with Crippen molar-refractivity contribution < 1.29 is 9.13 Å². The van der Waals surface area contributed by atoms with Crippen LogP contribution in [0.1, 0.15) is 24.0 Å². The lowest BCUT2D eigenvalue weighted by atomic mass is 10.00. The summed E-state index contributed by atoms with van der Waals surface area (Å²) in [5.74, 6) is 0.659. The molecule has 0 aromatic heterocycles. The molecule has 21 heavy (non-hydrogen) atoms. The molecule has 1 aliphatic carbocycles. The third-order valence-electron chi connectivity index (χ3n) is 3.87. The predicted molar refractivity (Wildman–Crippen MR) is 83.0 cm³/mol. The van der Waals surface area contributed by atoms with Crippen LogP contribution < -0.4 is 10.1 Å². The summed E-state index contributed by atoms with van der Waals surface area (Å²) in [5, 5.41) is 3.48. The second-order valence-electron chi connectivity index (χ2n) is 5.67. The molecule has 3 rings (SSSR count). The van der Waals surface area contributed by atoms with Gasteiger partial charge in [-0.15, -0.1) is 0 Å². The fraction of sp³-hybridized carbons (Fsp3) is 0.333. The van der Waals surface area contributed by atoms with Gasteiger partial charge in [-0.2, -0.15) is 0 Å². The maximum Gasteiger partial charge on any atom is 0.131 e. The van der Waals surface area contributed by atoms with E-state index in [0.717, 1.165) is 29.0 Å². The minimum absolute atomic E-state index is 0.188. The Kier molecular flexibility index (Phi) is 3.93. The van der Waals surface area contributed by atoms with Gasteiger partial charge in [0, 0.05) is 23.7 Å². The standard InChI is InChI=1S/C18H20FNO/c1-12-3-7-17(19)16(9-12)13-4-8-18(21-2)14(10-13)11-20-15-5-6-15/h3-4,7-10,15,20H,5-6,11H2,1-2H3. The zero-order valence-electron chi connectivity index (χ0n) is 12.4. The molecule has 1 fully saturated rings. The molecule has 0 atom stereocenters. The van der Waals surface area contributed by atoms with Gasteiger partial charge in [-0.1, -0.05) is 17.7 Å². The van der Waals surface area contributed by atoms with Crippen molar-refractivity contribution in [2.75, 3.05) is 7.11 Å². The van der Waals surface area contributed by atoms with Gasteiger partial charge in [0.2, 0.25) is 0 Å².